The molecule has 5 heteroatoms. The molecule has 5 nitrogen and oxygen atoms in total. The number of nitriles is 1. The van der Waals surface area contributed by atoms with Crippen LogP contribution in [0, 0.1) is 16.7 Å². The molecule has 0 atom stereocenters. The second kappa shape index (κ2) is 8.85. The quantitative estimate of drug-likeness (QED) is 0.721. The Hall–Kier alpha value is -2.32. The highest BCUT2D eigenvalue weighted by Crippen LogP contribution is 2.18. The van der Waals surface area contributed by atoms with Crippen molar-refractivity contribution >= 4 is 12.0 Å². The van der Waals surface area contributed by atoms with Gasteiger partial charge in [-0.15, -0.1) is 0 Å². The monoisotopic (exact) mass is 302 g/mol. The number of ether oxygens (including phenoxy) is 1. The Morgan fingerprint density at radius 1 is 1.41 bits per heavy atom. The summed E-state index contributed by atoms with van der Waals surface area (Å²) in [5, 5.41) is 20.2. The van der Waals surface area contributed by atoms with Gasteiger partial charge in [0.2, 0.25) is 5.91 Å². The van der Waals surface area contributed by atoms with Crippen molar-refractivity contribution in [3.8, 4) is 11.8 Å². The molecule has 0 radical (unpaired) electrons. The lowest BCUT2D eigenvalue weighted by Gasteiger charge is -2.23. The molecular weight excluding hydrogens is 280 g/mol. The van der Waals surface area contributed by atoms with Gasteiger partial charge in [-0.1, -0.05) is 26.0 Å². The van der Waals surface area contributed by atoms with E-state index in [9.17, 15) is 4.79 Å². The average molecular weight is 302 g/mol. The first-order valence-electron chi connectivity index (χ1n) is 7.13. The molecule has 0 spiro atoms. The summed E-state index contributed by atoms with van der Waals surface area (Å²) in [6, 6.07) is 9.02. The van der Waals surface area contributed by atoms with Crippen LogP contribution in [0.1, 0.15) is 25.8 Å². The van der Waals surface area contributed by atoms with Gasteiger partial charge in [-0.2, -0.15) is 5.26 Å². The number of carbonyl (C=O) groups excluding carboxylic acids is 1. The van der Waals surface area contributed by atoms with Gasteiger partial charge < -0.3 is 15.2 Å². The van der Waals surface area contributed by atoms with Crippen LogP contribution in [0.2, 0.25) is 0 Å². The lowest BCUT2D eigenvalue weighted by Crippen LogP contribution is -2.33. The minimum Gasteiger partial charge on any atom is -0.479 e. The lowest BCUT2D eigenvalue weighted by molar-refractivity contribution is -0.116. The van der Waals surface area contributed by atoms with Gasteiger partial charge in [0.25, 0.3) is 0 Å². The first-order valence-corrected chi connectivity index (χ1v) is 7.13. The number of nitrogens with one attached hydrogen (secondary N) is 1. The van der Waals surface area contributed by atoms with Crippen molar-refractivity contribution < 1.29 is 14.6 Å². The largest absolute Gasteiger partial charge is 0.479 e. The summed E-state index contributed by atoms with van der Waals surface area (Å²) in [5.74, 6) is 0.449. The molecule has 0 saturated carbocycles. The zero-order valence-electron chi connectivity index (χ0n) is 13.0. The van der Waals surface area contributed by atoms with Crippen LogP contribution in [-0.2, 0) is 4.79 Å². The molecule has 0 heterocycles. The van der Waals surface area contributed by atoms with Crippen LogP contribution in [0.5, 0.6) is 5.75 Å². The van der Waals surface area contributed by atoms with Crippen molar-refractivity contribution in [2.45, 2.75) is 20.3 Å². The van der Waals surface area contributed by atoms with Gasteiger partial charge in [-0.05, 0) is 35.6 Å². The predicted molar refractivity (Wildman–Crippen MR) is 85.1 cm³/mol. The number of amides is 1. The van der Waals surface area contributed by atoms with Crippen LogP contribution in [0.25, 0.3) is 6.08 Å². The van der Waals surface area contributed by atoms with Crippen molar-refractivity contribution in [2.24, 2.45) is 5.41 Å². The molecule has 118 valence electrons. The highest BCUT2D eigenvalue weighted by atomic mass is 16.5. The van der Waals surface area contributed by atoms with Crippen LogP contribution in [0.4, 0.5) is 0 Å². The van der Waals surface area contributed by atoms with Crippen LogP contribution in [0.3, 0.4) is 0 Å². The number of nitrogens with zero attached hydrogens (tertiary/aromatic N) is 1. The van der Waals surface area contributed by atoms with E-state index in [4.69, 9.17) is 15.1 Å². The van der Waals surface area contributed by atoms with E-state index in [1.54, 1.807) is 18.2 Å². The molecule has 0 bridgehead atoms. The van der Waals surface area contributed by atoms with E-state index in [2.05, 4.69) is 5.32 Å². The summed E-state index contributed by atoms with van der Waals surface area (Å²) in [6.07, 6.45) is 3.82. The minimum absolute atomic E-state index is 0.0151. The smallest absolute Gasteiger partial charge is 0.244 e. The maximum absolute atomic E-state index is 11.8. The Bertz CT molecular complexity index is 542. The Morgan fingerprint density at radius 2 is 2.09 bits per heavy atom. The summed E-state index contributed by atoms with van der Waals surface area (Å²) in [4.78, 5) is 11.8. The van der Waals surface area contributed by atoms with Crippen LogP contribution < -0.4 is 10.1 Å². The number of aliphatic hydroxyl groups is 1. The normalized spacial score (nSPS) is 11.2. The van der Waals surface area contributed by atoms with Gasteiger partial charge in [0, 0.05) is 19.2 Å². The van der Waals surface area contributed by atoms with E-state index < -0.39 is 0 Å². The van der Waals surface area contributed by atoms with E-state index >= 15 is 0 Å². The van der Waals surface area contributed by atoms with Gasteiger partial charge in [0.05, 0.1) is 0 Å². The molecule has 0 aliphatic carbocycles. The van der Waals surface area contributed by atoms with Gasteiger partial charge in [0.15, 0.2) is 6.61 Å². The number of benzene rings is 1. The average Bonchev–Trinajstić information content (AvgIpc) is 2.50. The zero-order valence-corrected chi connectivity index (χ0v) is 13.0. The molecule has 1 aromatic carbocycles. The first-order chi connectivity index (χ1) is 10.5. The SMILES string of the molecule is CC(C)(CCO)CNC(=O)/C=C/c1ccc(OCC#N)cc1. The number of carbonyl (C=O) groups is 1. The second-order valence-corrected chi connectivity index (χ2v) is 5.70. The van der Waals surface area contributed by atoms with Crippen LogP contribution in [-0.4, -0.2) is 30.8 Å². The molecule has 0 aromatic heterocycles. The Labute approximate surface area is 131 Å². The summed E-state index contributed by atoms with van der Waals surface area (Å²) >= 11 is 0. The van der Waals surface area contributed by atoms with Gasteiger partial charge in [-0.25, -0.2) is 0 Å². The van der Waals surface area contributed by atoms with E-state index in [0.29, 0.717) is 18.7 Å². The topological polar surface area (TPSA) is 82.3 Å². The van der Waals surface area contributed by atoms with Gasteiger partial charge >= 0.3 is 0 Å². The third kappa shape index (κ3) is 6.91. The molecule has 22 heavy (non-hydrogen) atoms. The molecular formula is C17H22N2O3. The number of hydrogen-bond donors (Lipinski definition) is 2. The molecule has 1 amide bonds. The molecule has 1 rings (SSSR count). The maximum Gasteiger partial charge on any atom is 0.244 e. The third-order valence-electron chi connectivity index (χ3n) is 3.14. The first kappa shape index (κ1) is 17.7. The summed E-state index contributed by atoms with van der Waals surface area (Å²) < 4.78 is 5.15. The summed E-state index contributed by atoms with van der Waals surface area (Å²) in [5.41, 5.74) is 0.743. The predicted octanol–water partition coefficient (Wildman–Crippen LogP) is 2.13. The summed E-state index contributed by atoms with van der Waals surface area (Å²) in [7, 11) is 0. The highest BCUT2D eigenvalue weighted by molar-refractivity contribution is 5.91. The molecule has 1 aromatic rings. The van der Waals surface area contributed by atoms with Gasteiger partial charge in [0.1, 0.15) is 11.8 Å². The highest BCUT2D eigenvalue weighted by Gasteiger charge is 2.17. The van der Waals surface area contributed by atoms with Crippen LogP contribution in [0.15, 0.2) is 30.3 Å². The van der Waals surface area contributed by atoms with Crippen molar-refractivity contribution in [3.63, 3.8) is 0 Å². The van der Waals surface area contributed by atoms with Crippen molar-refractivity contribution in [1.29, 1.82) is 5.26 Å². The number of aliphatic hydroxyl groups excluding tert-OH is 1. The van der Waals surface area contributed by atoms with E-state index in [0.717, 1.165) is 5.56 Å². The van der Waals surface area contributed by atoms with E-state index in [1.807, 2.05) is 32.0 Å². The van der Waals surface area contributed by atoms with Crippen LogP contribution >= 0.6 is 0 Å². The van der Waals surface area contributed by atoms with E-state index in [-0.39, 0.29) is 24.5 Å². The third-order valence-corrected chi connectivity index (χ3v) is 3.14. The van der Waals surface area contributed by atoms with Crippen molar-refractivity contribution in [1.82, 2.24) is 5.32 Å². The Kier molecular flexibility index (Phi) is 7.14. The molecule has 0 saturated heterocycles. The fraction of sp³-hybridized carbons (Fsp3) is 0.412. The standard InChI is InChI=1S/C17H22N2O3/c1-17(2,9-11-20)13-19-16(21)8-5-14-3-6-15(7-4-14)22-12-10-18/h3-8,20H,9,11-13H2,1-2H3,(H,19,21)/b8-5+. The molecule has 0 aliphatic heterocycles. The number of hydrogen-bond acceptors (Lipinski definition) is 4. The fourth-order valence-electron chi connectivity index (χ4n) is 1.74. The van der Waals surface area contributed by atoms with Crippen molar-refractivity contribution in [2.75, 3.05) is 19.8 Å². The number of rotatable bonds is 8. The minimum atomic E-state index is -0.171. The van der Waals surface area contributed by atoms with Gasteiger partial charge in [-0.3, -0.25) is 4.79 Å². The van der Waals surface area contributed by atoms with E-state index in [1.165, 1.54) is 6.08 Å². The lowest BCUT2D eigenvalue weighted by atomic mass is 9.90. The molecule has 0 aliphatic rings. The van der Waals surface area contributed by atoms with Crippen molar-refractivity contribution in [3.05, 3.63) is 35.9 Å². The zero-order chi connectivity index (χ0) is 16.4. The molecule has 0 fully saturated rings. The maximum atomic E-state index is 11.8. The summed E-state index contributed by atoms with van der Waals surface area (Å²) in [6.45, 7) is 4.62. The molecule has 2 N–H and O–H groups in total. The Morgan fingerprint density at radius 3 is 2.68 bits per heavy atom. The second-order valence-electron chi connectivity index (χ2n) is 5.70. The molecule has 0 unspecified atom stereocenters. The fourth-order valence-corrected chi connectivity index (χ4v) is 1.74. The Balaban J connectivity index is 2.47.